The van der Waals surface area contributed by atoms with Crippen molar-refractivity contribution in [3.63, 3.8) is 0 Å². The molecular weight excluding hydrogens is 350 g/mol. The first kappa shape index (κ1) is 20.4. The maximum absolute atomic E-state index is 12.4. The highest BCUT2D eigenvalue weighted by atomic mass is 16.5. The van der Waals surface area contributed by atoms with Gasteiger partial charge < -0.3 is 15.4 Å². The van der Waals surface area contributed by atoms with Gasteiger partial charge in [0.2, 0.25) is 0 Å². The summed E-state index contributed by atoms with van der Waals surface area (Å²) in [4.78, 5) is 14.9. The number of carbonyl (C=O) groups is 1. The van der Waals surface area contributed by atoms with E-state index in [-0.39, 0.29) is 12.1 Å². The second-order valence-electron chi connectivity index (χ2n) is 7.14. The van der Waals surface area contributed by atoms with Crippen LogP contribution in [0.3, 0.4) is 0 Å². The van der Waals surface area contributed by atoms with Crippen molar-refractivity contribution in [3.8, 4) is 0 Å². The monoisotopic (exact) mass is 381 g/mol. The van der Waals surface area contributed by atoms with E-state index in [0.717, 1.165) is 24.2 Å². The van der Waals surface area contributed by atoms with Crippen molar-refractivity contribution < 1.29 is 9.53 Å². The van der Waals surface area contributed by atoms with Crippen molar-refractivity contribution in [3.05, 3.63) is 71.3 Å². The molecule has 0 aliphatic carbocycles. The number of likely N-dealkylation sites (tertiary alicyclic amines) is 1. The zero-order valence-corrected chi connectivity index (χ0v) is 16.7. The Morgan fingerprint density at radius 3 is 2.39 bits per heavy atom. The maximum atomic E-state index is 12.4. The summed E-state index contributed by atoms with van der Waals surface area (Å²) in [6, 6.07) is 18.6. The van der Waals surface area contributed by atoms with Gasteiger partial charge in [0.05, 0.1) is 12.6 Å². The van der Waals surface area contributed by atoms with Crippen molar-refractivity contribution in [2.75, 3.05) is 26.2 Å². The second kappa shape index (κ2) is 10.8. The van der Waals surface area contributed by atoms with Gasteiger partial charge in [-0.2, -0.15) is 0 Å². The molecule has 1 unspecified atom stereocenters. The molecule has 2 aromatic rings. The maximum Gasteiger partial charge on any atom is 0.315 e. The molecule has 1 aliphatic heterocycles. The molecular formula is C23H31N3O2. The fourth-order valence-corrected chi connectivity index (χ4v) is 3.70. The van der Waals surface area contributed by atoms with Gasteiger partial charge in [-0.05, 0) is 49.5 Å². The fraction of sp³-hybridized carbons (Fsp3) is 0.435. The number of hydrogen-bond acceptors (Lipinski definition) is 3. The highest BCUT2D eigenvalue weighted by molar-refractivity contribution is 5.73. The van der Waals surface area contributed by atoms with Crippen molar-refractivity contribution in [1.29, 1.82) is 0 Å². The summed E-state index contributed by atoms with van der Waals surface area (Å²) in [5.41, 5.74) is 3.46. The Morgan fingerprint density at radius 1 is 1.00 bits per heavy atom. The Bertz CT molecular complexity index is 730. The van der Waals surface area contributed by atoms with E-state index < -0.39 is 0 Å². The molecule has 0 spiro atoms. The van der Waals surface area contributed by atoms with Gasteiger partial charge >= 0.3 is 6.03 Å². The summed E-state index contributed by atoms with van der Waals surface area (Å²) in [5.74, 6) is 0. The summed E-state index contributed by atoms with van der Waals surface area (Å²) in [6.45, 7) is 6.52. The number of urea groups is 1. The Hall–Kier alpha value is -2.37. The summed E-state index contributed by atoms with van der Waals surface area (Å²) in [7, 11) is 0. The quantitative estimate of drug-likeness (QED) is 0.693. The van der Waals surface area contributed by atoms with Gasteiger partial charge in [0.15, 0.2) is 0 Å². The fourth-order valence-electron chi connectivity index (χ4n) is 3.70. The van der Waals surface area contributed by atoms with Crippen molar-refractivity contribution in [2.24, 2.45) is 0 Å². The van der Waals surface area contributed by atoms with Crippen LogP contribution in [0.4, 0.5) is 4.79 Å². The molecule has 0 aromatic heterocycles. The topological polar surface area (TPSA) is 53.6 Å². The van der Waals surface area contributed by atoms with Gasteiger partial charge in [-0.25, -0.2) is 4.79 Å². The summed E-state index contributed by atoms with van der Waals surface area (Å²) < 4.78 is 5.52. The molecule has 3 rings (SSSR count). The molecule has 0 radical (unpaired) electrons. The average Bonchev–Trinajstić information content (AvgIpc) is 3.27. The predicted octanol–water partition coefficient (Wildman–Crippen LogP) is 3.86. The Labute approximate surface area is 168 Å². The van der Waals surface area contributed by atoms with E-state index in [2.05, 4.69) is 39.8 Å². The zero-order valence-electron chi connectivity index (χ0n) is 16.7. The molecule has 1 fully saturated rings. The van der Waals surface area contributed by atoms with Gasteiger partial charge in [0.25, 0.3) is 0 Å². The van der Waals surface area contributed by atoms with Crippen LogP contribution in [0.15, 0.2) is 54.6 Å². The van der Waals surface area contributed by atoms with E-state index in [4.69, 9.17) is 4.74 Å². The van der Waals surface area contributed by atoms with Crippen LogP contribution in [0.2, 0.25) is 0 Å². The number of hydrogen-bond donors (Lipinski definition) is 2. The van der Waals surface area contributed by atoms with Crippen LogP contribution in [0.25, 0.3) is 0 Å². The van der Waals surface area contributed by atoms with Gasteiger partial charge in [0, 0.05) is 19.7 Å². The number of carbonyl (C=O) groups excluding carboxylic acids is 1. The standard InChI is InChI=1S/C23H31N3O2/c1-2-28-18-21-13-7-6-12-20(21)16-24-23(27)25-17-22(26-14-8-9-15-26)19-10-4-3-5-11-19/h3-7,10-13,22H,2,8-9,14-18H2,1H3,(H2,24,25,27). The van der Waals surface area contributed by atoms with Crippen LogP contribution in [-0.2, 0) is 17.9 Å². The van der Waals surface area contributed by atoms with Crippen LogP contribution >= 0.6 is 0 Å². The van der Waals surface area contributed by atoms with E-state index in [1.54, 1.807) is 0 Å². The Morgan fingerprint density at radius 2 is 1.68 bits per heavy atom. The number of benzene rings is 2. The molecule has 2 N–H and O–H groups in total. The van der Waals surface area contributed by atoms with E-state index in [1.165, 1.54) is 18.4 Å². The minimum atomic E-state index is -0.133. The molecule has 0 bridgehead atoms. The minimum absolute atomic E-state index is 0.133. The molecule has 5 nitrogen and oxygen atoms in total. The Balaban J connectivity index is 1.54. The lowest BCUT2D eigenvalue weighted by Crippen LogP contribution is -2.41. The largest absolute Gasteiger partial charge is 0.377 e. The normalized spacial score (nSPS) is 15.3. The highest BCUT2D eigenvalue weighted by Gasteiger charge is 2.23. The number of amides is 2. The third-order valence-corrected chi connectivity index (χ3v) is 5.24. The van der Waals surface area contributed by atoms with Gasteiger partial charge in [-0.1, -0.05) is 54.6 Å². The lowest BCUT2D eigenvalue weighted by molar-refractivity contribution is 0.133. The minimum Gasteiger partial charge on any atom is -0.377 e. The van der Waals surface area contributed by atoms with E-state index in [1.807, 2.05) is 37.3 Å². The molecule has 0 saturated carbocycles. The van der Waals surface area contributed by atoms with Crippen LogP contribution in [0.1, 0.15) is 42.5 Å². The number of ether oxygens (including phenoxy) is 1. The number of nitrogens with one attached hydrogen (secondary N) is 2. The van der Waals surface area contributed by atoms with Crippen molar-refractivity contribution in [1.82, 2.24) is 15.5 Å². The Kier molecular flexibility index (Phi) is 7.88. The average molecular weight is 382 g/mol. The molecule has 1 saturated heterocycles. The SMILES string of the molecule is CCOCc1ccccc1CNC(=O)NCC(c1ccccc1)N1CCCC1. The zero-order chi connectivity index (χ0) is 19.6. The first-order valence-corrected chi connectivity index (χ1v) is 10.2. The van der Waals surface area contributed by atoms with Gasteiger partial charge in [-0.15, -0.1) is 0 Å². The van der Waals surface area contributed by atoms with E-state index in [0.29, 0.717) is 26.3 Å². The van der Waals surface area contributed by atoms with E-state index in [9.17, 15) is 4.79 Å². The molecule has 150 valence electrons. The molecule has 5 heteroatoms. The van der Waals surface area contributed by atoms with Crippen LogP contribution < -0.4 is 10.6 Å². The van der Waals surface area contributed by atoms with Crippen molar-refractivity contribution in [2.45, 2.75) is 39.0 Å². The molecule has 28 heavy (non-hydrogen) atoms. The summed E-state index contributed by atoms with van der Waals surface area (Å²) in [6.07, 6.45) is 2.46. The first-order chi connectivity index (χ1) is 13.8. The lowest BCUT2D eigenvalue weighted by Gasteiger charge is -2.28. The summed E-state index contributed by atoms with van der Waals surface area (Å²) >= 11 is 0. The number of nitrogens with zero attached hydrogens (tertiary/aromatic N) is 1. The smallest absolute Gasteiger partial charge is 0.315 e. The van der Waals surface area contributed by atoms with Gasteiger partial charge in [0.1, 0.15) is 0 Å². The summed E-state index contributed by atoms with van der Waals surface area (Å²) in [5, 5.41) is 6.06. The van der Waals surface area contributed by atoms with Gasteiger partial charge in [-0.3, -0.25) is 4.90 Å². The van der Waals surface area contributed by atoms with E-state index >= 15 is 0 Å². The molecule has 2 aromatic carbocycles. The van der Waals surface area contributed by atoms with Crippen molar-refractivity contribution >= 4 is 6.03 Å². The first-order valence-electron chi connectivity index (χ1n) is 10.2. The lowest BCUT2D eigenvalue weighted by atomic mass is 10.1. The predicted molar refractivity (Wildman–Crippen MR) is 112 cm³/mol. The number of rotatable bonds is 9. The highest BCUT2D eigenvalue weighted by Crippen LogP contribution is 2.24. The molecule has 1 atom stereocenters. The molecule has 1 heterocycles. The third kappa shape index (κ3) is 5.81. The molecule has 1 aliphatic rings. The van der Waals surface area contributed by atoms with Crippen LogP contribution in [0, 0.1) is 0 Å². The van der Waals surface area contributed by atoms with Crippen LogP contribution in [-0.4, -0.2) is 37.2 Å². The third-order valence-electron chi connectivity index (χ3n) is 5.24. The molecule has 2 amide bonds. The second-order valence-corrected chi connectivity index (χ2v) is 7.14. The van der Waals surface area contributed by atoms with Crippen LogP contribution in [0.5, 0.6) is 0 Å².